The van der Waals surface area contributed by atoms with Crippen LogP contribution in [0.2, 0.25) is 0 Å². The van der Waals surface area contributed by atoms with Crippen molar-refractivity contribution in [2.24, 2.45) is 4.99 Å². The van der Waals surface area contributed by atoms with Crippen LogP contribution in [0, 0.1) is 6.92 Å². The van der Waals surface area contributed by atoms with E-state index in [0.717, 1.165) is 41.7 Å². The van der Waals surface area contributed by atoms with Crippen LogP contribution in [0.5, 0.6) is 5.75 Å². The zero-order valence-electron chi connectivity index (χ0n) is 19.7. The number of hydrazine groups is 1. The van der Waals surface area contributed by atoms with Gasteiger partial charge in [0.25, 0.3) is 0 Å². The van der Waals surface area contributed by atoms with Gasteiger partial charge in [-0.1, -0.05) is 0 Å². The van der Waals surface area contributed by atoms with Crippen LogP contribution in [0.15, 0.2) is 59.6 Å². The molecule has 4 N–H and O–H groups in total. The van der Waals surface area contributed by atoms with Crippen molar-refractivity contribution in [3.05, 3.63) is 71.4 Å². The van der Waals surface area contributed by atoms with Gasteiger partial charge in [-0.05, 0) is 80.2 Å². The third-order valence-electron chi connectivity index (χ3n) is 6.97. The number of hydrogen-bond acceptors (Lipinski definition) is 8. The van der Waals surface area contributed by atoms with Gasteiger partial charge >= 0.3 is 0 Å². The normalized spacial score (nSPS) is 22.5. The first-order valence-electron chi connectivity index (χ1n) is 12.0. The van der Waals surface area contributed by atoms with Gasteiger partial charge in [0.1, 0.15) is 30.2 Å². The number of anilines is 1. The van der Waals surface area contributed by atoms with Gasteiger partial charge in [0, 0.05) is 31.2 Å². The number of benzene rings is 1. The molecule has 34 heavy (non-hydrogen) atoms. The van der Waals surface area contributed by atoms with Crippen LogP contribution in [0.1, 0.15) is 41.7 Å². The second kappa shape index (κ2) is 8.83. The molecule has 5 heterocycles. The molecule has 4 aliphatic heterocycles. The minimum atomic E-state index is 0.0413. The van der Waals surface area contributed by atoms with E-state index >= 15 is 0 Å². The van der Waals surface area contributed by atoms with E-state index < -0.39 is 0 Å². The minimum Gasteiger partial charge on any atom is -0.457 e. The van der Waals surface area contributed by atoms with Crippen LogP contribution in [-0.4, -0.2) is 54.0 Å². The van der Waals surface area contributed by atoms with E-state index in [-0.39, 0.29) is 6.17 Å². The highest BCUT2D eigenvalue weighted by Gasteiger charge is 2.28. The van der Waals surface area contributed by atoms with Crippen molar-refractivity contribution in [1.29, 1.82) is 0 Å². The Hall–Kier alpha value is -3.27. The van der Waals surface area contributed by atoms with Gasteiger partial charge in [0.15, 0.2) is 0 Å². The highest BCUT2D eigenvalue weighted by Crippen LogP contribution is 2.34. The van der Waals surface area contributed by atoms with Crippen molar-refractivity contribution in [2.75, 3.05) is 44.2 Å². The molecule has 0 radical (unpaired) electrons. The summed E-state index contributed by atoms with van der Waals surface area (Å²) < 4.78 is 8.37. The van der Waals surface area contributed by atoms with Gasteiger partial charge < -0.3 is 20.8 Å². The van der Waals surface area contributed by atoms with E-state index in [1.54, 1.807) is 0 Å². The summed E-state index contributed by atoms with van der Waals surface area (Å²) in [6, 6.07) is 8.55. The van der Waals surface area contributed by atoms with E-state index in [9.17, 15) is 0 Å². The number of piperidine rings is 1. The second-order valence-electron chi connectivity index (χ2n) is 9.27. The second-order valence-corrected chi connectivity index (χ2v) is 9.27. The van der Waals surface area contributed by atoms with Crippen molar-refractivity contribution in [3.63, 3.8) is 0 Å². The van der Waals surface area contributed by atoms with Crippen LogP contribution < -0.4 is 26.1 Å². The molecule has 0 spiro atoms. The lowest BCUT2D eigenvalue weighted by Gasteiger charge is -2.32. The summed E-state index contributed by atoms with van der Waals surface area (Å²) in [6.45, 7) is 5.63. The standard InChI is InChI=1S/C25H32N8O/c1-17-13-19(3-4-22(17)34-20-7-12-33-23(14-20)28-16-31(33)2)30-25-24-21(18-5-9-26-10-6-18)8-11-32(24)29-15-27-25/h3-4,7-8,11-14,18,25-27,29-30H,5-6,9-10,15-16H2,1-2H3. The van der Waals surface area contributed by atoms with Gasteiger partial charge in [-0.2, -0.15) is 5.01 Å². The van der Waals surface area contributed by atoms with Crippen LogP contribution in [0.4, 0.5) is 5.69 Å². The van der Waals surface area contributed by atoms with Crippen LogP contribution in [0.25, 0.3) is 0 Å². The average molecular weight is 461 g/mol. The van der Waals surface area contributed by atoms with Crippen molar-refractivity contribution in [1.82, 2.24) is 25.3 Å². The third-order valence-corrected chi connectivity index (χ3v) is 6.97. The van der Waals surface area contributed by atoms with Gasteiger partial charge in [-0.3, -0.25) is 15.0 Å². The van der Waals surface area contributed by atoms with Crippen molar-refractivity contribution in [3.8, 4) is 5.75 Å². The van der Waals surface area contributed by atoms with E-state index in [2.05, 4.69) is 62.4 Å². The number of ether oxygens (including phenoxy) is 1. The highest BCUT2D eigenvalue weighted by atomic mass is 16.5. The maximum atomic E-state index is 6.20. The Kier molecular flexibility index (Phi) is 5.52. The Morgan fingerprint density at radius 3 is 2.91 bits per heavy atom. The number of fused-ring (bicyclic) bond motifs is 2. The number of aryl methyl sites for hydroxylation is 1. The maximum absolute atomic E-state index is 6.20. The zero-order chi connectivity index (χ0) is 23.1. The smallest absolute Gasteiger partial charge is 0.147 e. The van der Waals surface area contributed by atoms with E-state index in [0.29, 0.717) is 19.3 Å². The largest absolute Gasteiger partial charge is 0.457 e. The van der Waals surface area contributed by atoms with Gasteiger partial charge in [-0.15, -0.1) is 0 Å². The molecule has 0 bridgehead atoms. The third kappa shape index (κ3) is 3.96. The number of aromatic nitrogens is 1. The summed E-state index contributed by atoms with van der Waals surface area (Å²) in [6.07, 6.45) is 10.5. The molecule has 0 amide bonds. The Morgan fingerprint density at radius 2 is 2.06 bits per heavy atom. The van der Waals surface area contributed by atoms with Gasteiger partial charge in [-0.25, -0.2) is 4.99 Å². The number of allylic oxidation sites excluding steroid dienone is 1. The molecule has 9 nitrogen and oxygen atoms in total. The molecule has 1 unspecified atom stereocenters. The first kappa shape index (κ1) is 21.3. The first-order chi connectivity index (χ1) is 16.7. The summed E-state index contributed by atoms with van der Waals surface area (Å²) in [5.74, 6) is 3.14. The number of nitrogens with one attached hydrogen (secondary N) is 4. The molecule has 178 valence electrons. The van der Waals surface area contributed by atoms with E-state index in [4.69, 9.17) is 4.74 Å². The minimum absolute atomic E-state index is 0.0413. The van der Waals surface area contributed by atoms with Gasteiger partial charge in [0.05, 0.1) is 12.4 Å². The summed E-state index contributed by atoms with van der Waals surface area (Å²) >= 11 is 0. The molecule has 1 aromatic carbocycles. The molecule has 1 fully saturated rings. The lowest BCUT2D eigenvalue weighted by Crippen LogP contribution is -2.43. The SMILES string of the molecule is Cc1cc(NC2NCNn3ccc(C4CCNCC4)c32)ccc1OC1=CC2=NCN(C)N2C=C1. The molecule has 1 atom stereocenters. The Morgan fingerprint density at radius 1 is 1.18 bits per heavy atom. The topological polar surface area (TPSA) is 81.1 Å². The lowest BCUT2D eigenvalue weighted by atomic mass is 9.89. The predicted octanol–water partition coefficient (Wildman–Crippen LogP) is 2.79. The molecule has 4 aliphatic rings. The Bertz CT molecular complexity index is 1160. The summed E-state index contributed by atoms with van der Waals surface area (Å²) in [5, 5.41) is 14.8. The van der Waals surface area contributed by atoms with Crippen molar-refractivity contribution < 1.29 is 4.74 Å². The molecule has 1 saturated heterocycles. The lowest BCUT2D eigenvalue weighted by molar-refractivity contribution is 0.158. The number of nitrogens with zero attached hydrogens (tertiary/aromatic N) is 4. The summed E-state index contributed by atoms with van der Waals surface area (Å²) in [4.78, 5) is 4.52. The monoisotopic (exact) mass is 460 g/mol. The molecule has 1 aromatic heterocycles. The molecule has 0 aliphatic carbocycles. The fourth-order valence-electron chi connectivity index (χ4n) is 5.15. The molecule has 2 aromatic rings. The van der Waals surface area contributed by atoms with E-state index in [1.165, 1.54) is 24.1 Å². The molecule has 9 heteroatoms. The molecule has 0 saturated carbocycles. The zero-order valence-corrected chi connectivity index (χ0v) is 19.7. The van der Waals surface area contributed by atoms with Crippen molar-refractivity contribution >= 4 is 11.5 Å². The van der Waals surface area contributed by atoms with Crippen molar-refractivity contribution in [2.45, 2.75) is 31.8 Å². The maximum Gasteiger partial charge on any atom is 0.147 e. The summed E-state index contributed by atoms with van der Waals surface area (Å²) in [5.41, 5.74) is 8.28. The number of rotatable bonds is 5. The number of hydrogen-bond donors (Lipinski definition) is 4. The first-order valence-corrected chi connectivity index (χ1v) is 12.0. The molecular formula is C25H32N8O. The fraction of sp³-hybridized carbons (Fsp3) is 0.400. The van der Waals surface area contributed by atoms with Crippen LogP contribution in [-0.2, 0) is 0 Å². The van der Waals surface area contributed by atoms with Gasteiger partial charge in [0.2, 0.25) is 0 Å². The quantitative estimate of drug-likeness (QED) is 0.546. The van der Waals surface area contributed by atoms with Crippen LogP contribution >= 0.6 is 0 Å². The Labute approximate surface area is 200 Å². The van der Waals surface area contributed by atoms with Crippen LogP contribution in [0.3, 0.4) is 0 Å². The fourth-order valence-corrected chi connectivity index (χ4v) is 5.15. The predicted molar refractivity (Wildman–Crippen MR) is 134 cm³/mol. The molecular weight excluding hydrogens is 428 g/mol. The van der Waals surface area contributed by atoms with E-state index in [1.807, 2.05) is 41.5 Å². The Balaban J connectivity index is 1.18. The number of aliphatic imine (C=N–C) groups is 1. The number of amidine groups is 1. The molecule has 6 rings (SSSR count). The highest BCUT2D eigenvalue weighted by molar-refractivity contribution is 5.96. The summed E-state index contributed by atoms with van der Waals surface area (Å²) in [7, 11) is 2.01. The average Bonchev–Trinajstić information content (AvgIpc) is 3.46.